The molecule has 0 amide bonds. The van der Waals surface area contributed by atoms with E-state index in [0.29, 0.717) is 5.82 Å². The molecule has 106 valence electrons. The summed E-state index contributed by atoms with van der Waals surface area (Å²) in [6.07, 6.45) is 5.26. The van der Waals surface area contributed by atoms with Gasteiger partial charge in [0.2, 0.25) is 0 Å². The van der Waals surface area contributed by atoms with Gasteiger partial charge in [0, 0.05) is 34.9 Å². The standard InChI is InChI=1S/C16H11N5S/c1-2-6-13-12(5-1)15(21-16-18-8-9-22-16)20-14(19-13)11-4-3-7-17-10-11/h1-10H,(H,18,19,20,21). The Bertz CT molecular complexity index is 906. The van der Waals surface area contributed by atoms with E-state index in [1.807, 2.05) is 41.8 Å². The van der Waals surface area contributed by atoms with Crippen LogP contribution in [0.3, 0.4) is 0 Å². The van der Waals surface area contributed by atoms with Crippen molar-refractivity contribution in [1.82, 2.24) is 19.9 Å². The van der Waals surface area contributed by atoms with Crippen LogP contribution in [0.4, 0.5) is 10.9 Å². The Morgan fingerprint density at radius 3 is 2.73 bits per heavy atom. The lowest BCUT2D eigenvalue weighted by Crippen LogP contribution is -1.99. The number of anilines is 2. The first-order chi connectivity index (χ1) is 10.9. The zero-order chi connectivity index (χ0) is 14.8. The molecule has 0 atom stereocenters. The van der Waals surface area contributed by atoms with Crippen molar-refractivity contribution < 1.29 is 0 Å². The first-order valence-corrected chi connectivity index (χ1v) is 7.62. The van der Waals surface area contributed by atoms with Crippen LogP contribution in [0.15, 0.2) is 60.4 Å². The molecule has 0 bridgehead atoms. The van der Waals surface area contributed by atoms with Crippen LogP contribution in [-0.4, -0.2) is 19.9 Å². The highest BCUT2D eigenvalue weighted by Crippen LogP contribution is 2.27. The van der Waals surface area contributed by atoms with Crippen molar-refractivity contribution in [2.24, 2.45) is 0 Å². The fourth-order valence-electron chi connectivity index (χ4n) is 2.18. The number of pyridine rings is 1. The summed E-state index contributed by atoms with van der Waals surface area (Å²) in [5.74, 6) is 1.39. The Hall–Kier alpha value is -2.86. The number of hydrogen-bond acceptors (Lipinski definition) is 6. The third-order valence-electron chi connectivity index (χ3n) is 3.18. The van der Waals surface area contributed by atoms with Gasteiger partial charge in [-0.05, 0) is 24.3 Å². The van der Waals surface area contributed by atoms with Crippen LogP contribution in [0.1, 0.15) is 0 Å². The number of rotatable bonds is 3. The van der Waals surface area contributed by atoms with Gasteiger partial charge in [0.1, 0.15) is 5.82 Å². The first-order valence-electron chi connectivity index (χ1n) is 6.74. The monoisotopic (exact) mass is 305 g/mol. The molecule has 0 aliphatic heterocycles. The Morgan fingerprint density at radius 2 is 1.91 bits per heavy atom. The maximum Gasteiger partial charge on any atom is 0.188 e. The molecule has 0 radical (unpaired) electrons. The average molecular weight is 305 g/mol. The first kappa shape index (κ1) is 12.8. The van der Waals surface area contributed by atoms with Crippen LogP contribution in [0.2, 0.25) is 0 Å². The van der Waals surface area contributed by atoms with Gasteiger partial charge in [-0.3, -0.25) is 4.98 Å². The predicted molar refractivity (Wildman–Crippen MR) is 88.2 cm³/mol. The Balaban J connectivity index is 1.89. The number of fused-ring (bicyclic) bond motifs is 1. The minimum atomic E-state index is 0.644. The van der Waals surface area contributed by atoms with E-state index in [2.05, 4.69) is 25.3 Å². The van der Waals surface area contributed by atoms with Gasteiger partial charge in [-0.15, -0.1) is 11.3 Å². The van der Waals surface area contributed by atoms with E-state index in [-0.39, 0.29) is 0 Å². The molecule has 3 aromatic heterocycles. The topological polar surface area (TPSA) is 63.6 Å². The lowest BCUT2D eigenvalue weighted by molar-refractivity contribution is 1.20. The smallest absolute Gasteiger partial charge is 0.188 e. The van der Waals surface area contributed by atoms with Gasteiger partial charge in [0.05, 0.1) is 5.52 Å². The lowest BCUT2D eigenvalue weighted by Gasteiger charge is -2.09. The van der Waals surface area contributed by atoms with E-state index in [1.165, 1.54) is 11.3 Å². The molecule has 1 N–H and O–H groups in total. The number of thiazole rings is 1. The molecule has 1 aromatic carbocycles. The average Bonchev–Trinajstić information content (AvgIpc) is 3.09. The molecule has 3 heterocycles. The number of nitrogens with one attached hydrogen (secondary N) is 1. The quantitative estimate of drug-likeness (QED) is 0.622. The molecule has 0 saturated heterocycles. The van der Waals surface area contributed by atoms with Crippen LogP contribution in [-0.2, 0) is 0 Å². The molecule has 0 saturated carbocycles. The maximum atomic E-state index is 4.65. The normalized spacial score (nSPS) is 10.7. The second kappa shape index (κ2) is 5.50. The fraction of sp³-hybridized carbons (Fsp3) is 0. The van der Waals surface area contributed by atoms with Gasteiger partial charge in [-0.25, -0.2) is 15.0 Å². The Labute approximate surface area is 130 Å². The summed E-state index contributed by atoms with van der Waals surface area (Å²) >= 11 is 1.53. The molecule has 0 unspecified atom stereocenters. The van der Waals surface area contributed by atoms with E-state index in [9.17, 15) is 0 Å². The zero-order valence-corrected chi connectivity index (χ0v) is 12.3. The third kappa shape index (κ3) is 2.40. The van der Waals surface area contributed by atoms with Crippen molar-refractivity contribution >= 4 is 33.2 Å². The van der Waals surface area contributed by atoms with Crippen LogP contribution < -0.4 is 5.32 Å². The van der Waals surface area contributed by atoms with Crippen molar-refractivity contribution in [2.75, 3.05) is 5.32 Å². The molecule has 0 fully saturated rings. The summed E-state index contributed by atoms with van der Waals surface area (Å²) in [7, 11) is 0. The van der Waals surface area contributed by atoms with E-state index < -0.39 is 0 Å². The van der Waals surface area contributed by atoms with Crippen molar-refractivity contribution in [1.29, 1.82) is 0 Å². The SMILES string of the molecule is c1cncc(-c2nc(Nc3nccs3)c3ccccc3n2)c1. The van der Waals surface area contributed by atoms with Crippen molar-refractivity contribution in [3.63, 3.8) is 0 Å². The Morgan fingerprint density at radius 1 is 0.955 bits per heavy atom. The van der Waals surface area contributed by atoms with E-state index in [0.717, 1.165) is 27.4 Å². The van der Waals surface area contributed by atoms with Gasteiger partial charge in [-0.1, -0.05) is 12.1 Å². The Kier molecular flexibility index (Phi) is 3.21. The molecule has 22 heavy (non-hydrogen) atoms. The summed E-state index contributed by atoms with van der Waals surface area (Å²) in [5, 5.41) is 6.97. The van der Waals surface area contributed by atoms with Gasteiger partial charge in [-0.2, -0.15) is 0 Å². The van der Waals surface area contributed by atoms with Gasteiger partial charge >= 0.3 is 0 Å². The molecule has 5 nitrogen and oxygen atoms in total. The van der Waals surface area contributed by atoms with Crippen molar-refractivity contribution in [3.05, 3.63) is 60.4 Å². The number of aromatic nitrogens is 4. The van der Waals surface area contributed by atoms with Crippen molar-refractivity contribution in [3.8, 4) is 11.4 Å². The highest BCUT2D eigenvalue weighted by molar-refractivity contribution is 7.13. The second-order valence-electron chi connectivity index (χ2n) is 4.62. The second-order valence-corrected chi connectivity index (χ2v) is 5.51. The van der Waals surface area contributed by atoms with Crippen LogP contribution >= 0.6 is 11.3 Å². The summed E-state index contributed by atoms with van der Waals surface area (Å²) in [4.78, 5) is 17.7. The zero-order valence-electron chi connectivity index (χ0n) is 11.5. The number of hydrogen-bond donors (Lipinski definition) is 1. The van der Waals surface area contributed by atoms with Gasteiger partial charge in [0.25, 0.3) is 0 Å². The summed E-state index contributed by atoms with van der Waals surface area (Å²) < 4.78 is 0. The molecule has 0 spiro atoms. The van der Waals surface area contributed by atoms with Gasteiger partial charge < -0.3 is 5.32 Å². The molecule has 0 aliphatic rings. The maximum absolute atomic E-state index is 4.65. The largest absolute Gasteiger partial charge is 0.316 e. The van der Waals surface area contributed by atoms with Crippen LogP contribution in [0, 0.1) is 0 Å². The van der Waals surface area contributed by atoms with E-state index >= 15 is 0 Å². The molecule has 0 aliphatic carbocycles. The van der Waals surface area contributed by atoms with E-state index in [4.69, 9.17) is 0 Å². The highest BCUT2D eigenvalue weighted by atomic mass is 32.1. The predicted octanol–water partition coefficient (Wildman–Crippen LogP) is 3.89. The number of para-hydroxylation sites is 1. The van der Waals surface area contributed by atoms with Crippen LogP contribution in [0.5, 0.6) is 0 Å². The lowest BCUT2D eigenvalue weighted by atomic mass is 10.2. The molecule has 4 aromatic rings. The molecular weight excluding hydrogens is 294 g/mol. The fourth-order valence-corrected chi connectivity index (χ4v) is 2.71. The molecule has 4 rings (SSSR count). The summed E-state index contributed by atoms with van der Waals surface area (Å²) in [5.41, 5.74) is 1.77. The van der Waals surface area contributed by atoms with Gasteiger partial charge in [0.15, 0.2) is 11.0 Å². The molecule has 6 heteroatoms. The summed E-state index contributed by atoms with van der Waals surface area (Å²) in [6, 6.07) is 11.7. The number of nitrogens with zero attached hydrogens (tertiary/aromatic N) is 4. The number of benzene rings is 1. The van der Waals surface area contributed by atoms with Crippen molar-refractivity contribution in [2.45, 2.75) is 0 Å². The minimum Gasteiger partial charge on any atom is -0.316 e. The third-order valence-corrected chi connectivity index (χ3v) is 3.87. The van der Waals surface area contributed by atoms with E-state index in [1.54, 1.807) is 18.6 Å². The minimum absolute atomic E-state index is 0.644. The van der Waals surface area contributed by atoms with Crippen LogP contribution in [0.25, 0.3) is 22.3 Å². The summed E-state index contributed by atoms with van der Waals surface area (Å²) in [6.45, 7) is 0. The highest BCUT2D eigenvalue weighted by Gasteiger charge is 2.10. The molecular formula is C16H11N5S.